The second kappa shape index (κ2) is 11.0. The second-order valence-corrected chi connectivity index (χ2v) is 8.33. The smallest absolute Gasteiger partial charge is 0.175 e. The second-order valence-electron chi connectivity index (χ2n) is 6.66. The number of benzene rings is 3. The van der Waals surface area contributed by atoms with E-state index in [0.717, 1.165) is 15.6 Å². The first-order valence-corrected chi connectivity index (χ1v) is 10.9. The predicted molar refractivity (Wildman–Crippen MR) is 123 cm³/mol. The maximum atomic E-state index is 13.7. The monoisotopic (exact) mass is 511 g/mol. The minimum absolute atomic E-state index is 0.174. The van der Waals surface area contributed by atoms with Gasteiger partial charge >= 0.3 is 0 Å². The normalized spacial score (nSPS) is 10.8. The highest BCUT2D eigenvalue weighted by Gasteiger charge is 2.12. The van der Waals surface area contributed by atoms with E-state index in [-0.39, 0.29) is 5.82 Å². The van der Waals surface area contributed by atoms with Gasteiger partial charge in [-0.1, -0.05) is 47.5 Å². The molecule has 0 unspecified atom stereocenters. The number of ether oxygens (including phenoxy) is 2. The van der Waals surface area contributed by atoms with Crippen LogP contribution in [0.1, 0.15) is 16.7 Å². The summed E-state index contributed by atoms with van der Waals surface area (Å²) in [5, 5.41) is 4.33. The van der Waals surface area contributed by atoms with E-state index in [2.05, 4.69) is 21.2 Å². The fraction of sp³-hybridized carbons (Fsp3) is 0.217. The van der Waals surface area contributed by atoms with Crippen molar-refractivity contribution in [3.8, 4) is 11.5 Å². The Morgan fingerprint density at radius 2 is 1.80 bits per heavy atom. The van der Waals surface area contributed by atoms with Gasteiger partial charge in [0.15, 0.2) is 11.5 Å². The van der Waals surface area contributed by atoms with Crippen molar-refractivity contribution in [2.24, 2.45) is 0 Å². The van der Waals surface area contributed by atoms with Gasteiger partial charge in [0, 0.05) is 6.54 Å². The lowest BCUT2D eigenvalue weighted by atomic mass is 10.1. The molecule has 0 fully saturated rings. The zero-order valence-electron chi connectivity index (χ0n) is 16.4. The third kappa shape index (κ3) is 6.11. The Balaban J connectivity index is 1.60. The van der Waals surface area contributed by atoms with E-state index in [0.29, 0.717) is 53.2 Å². The van der Waals surface area contributed by atoms with Crippen molar-refractivity contribution in [2.75, 3.05) is 13.7 Å². The molecule has 0 bridgehead atoms. The predicted octanol–water partition coefficient (Wildman–Crippen LogP) is 6.81. The minimum Gasteiger partial charge on any atom is -0.493 e. The molecule has 0 saturated carbocycles. The first kappa shape index (κ1) is 22.9. The number of methoxy groups -OCH3 is 1. The van der Waals surface area contributed by atoms with Crippen molar-refractivity contribution in [3.63, 3.8) is 0 Å². The van der Waals surface area contributed by atoms with E-state index in [1.165, 1.54) is 6.07 Å². The van der Waals surface area contributed by atoms with Gasteiger partial charge in [0.2, 0.25) is 0 Å². The van der Waals surface area contributed by atoms with Crippen LogP contribution in [0.5, 0.6) is 11.5 Å². The zero-order chi connectivity index (χ0) is 21.5. The third-order valence-electron chi connectivity index (χ3n) is 4.51. The van der Waals surface area contributed by atoms with Gasteiger partial charge in [-0.3, -0.25) is 0 Å². The van der Waals surface area contributed by atoms with Gasteiger partial charge in [-0.05, 0) is 75.9 Å². The Bertz CT molecular complexity index is 1020. The molecule has 3 aromatic carbocycles. The van der Waals surface area contributed by atoms with Crippen LogP contribution in [-0.4, -0.2) is 13.7 Å². The molecule has 0 aliphatic carbocycles. The Hall–Kier alpha value is -1.79. The Morgan fingerprint density at radius 3 is 2.53 bits per heavy atom. The SMILES string of the molecule is COc1cc(CNCCc2ccccc2F)cc(Br)c1OCc1ccc(Cl)c(Cl)c1. The van der Waals surface area contributed by atoms with Crippen LogP contribution < -0.4 is 14.8 Å². The van der Waals surface area contributed by atoms with Crippen molar-refractivity contribution in [1.29, 1.82) is 0 Å². The quantitative estimate of drug-likeness (QED) is 0.319. The minimum atomic E-state index is -0.174. The maximum absolute atomic E-state index is 13.7. The number of halogens is 4. The van der Waals surface area contributed by atoms with E-state index in [1.807, 2.05) is 24.3 Å². The molecule has 3 aromatic rings. The fourth-order valence-corrected chi connectivity index (χ4v) is 3.88. The highest BCUT2D eigenvalue weighted by molar-refractivity contribution is 9.10. The van der Waals surface area contributed by atoms with Crippen molar-refractivity contribution in [2.45, 2.75) is 19.6 Å². The van der Waals surface area contributed by atoms with Crippen LogP contribution in [0.3, 0.4) is 0 Å². The molecule has 30 heavy (non-hydrogen) atoms. The molecule has 7 heteroatoms. The van der Waals surface area contributed by atoms with E-state index in [4.69, 9.17) is 32.7 Å². The van der Waals surface area contributed by atoms with E-state index < -0.39 is 0 Å². The summed E-state index contributed by atoms with van der Waals surface area (Å²) in [6.07, 6.45) is 0.621. The molecule has 158 valence electrons. The Morgan fingerprint density at radius 1 is 1.00 bits per heavy atom. The molecule has 0 radical (unpaired) electrons. The van der Waals surface area contributed by atoms with E-state index >= 15 is 0 Å². The summed E-state index contributed by atoms with van der Waals surface area (Å²) in [4.78, 5) is 0. The molecule has 0 amide bonds. The molecular weight excluding hydrogens is 492 g/mol. The maximum Gasteiger partial charge on any atom is 0.175 e. The average molecular weight is 513 g/mol. The first-order valence-electron chi connectivity index (χ1n) is 9.35. The van der Waals surface area contributed by atoms with Crippen LogP contribution >= 0.6 is 39.1 Å². The summed E-state index contributed by atoms with van der Waals surface area (Å²) in [6.45, 7) is 1.61. The lowest BCUT2D eigenvalue weighted by molar-refractivity contribution is 0.282. The topological polar surface area (TPSA) is 30.5 Å². The van der Waals surface area contributed by atoms with Crippen LogP contribution in [0.15, 0.2) is 59.1 Å². The van der Waals surface area contributed by atoms with Crippen molar-refractivity contribution in [3.05, 3.63) is 91.6 Å². The molecule has 3 nitrogen and oxygen atoms in total. The summed E-state index contributed by atoms with van der Waals surface area (Å²) >= 11 is 15.6. The van der Waals surface area contributed by atoms with Gasteiger partial charge in [0.25, 0.3) is 0 Å². The van der Waals surface area contributed by atoms with Crippen LogP contribution in [0.4, 0.5) is 4.39 Å². The van der Waals surface area contributed by atoms with Crippen molar-refractivity contribution >= 4 is 39.1 Å². The van der Waals surface area contributed by atoms with Gasteiger partial charge in [-0.2, -0.15) is 0 Å². The van der Waals surface area contributed by atoms with Crippen LogP contribution in [0.2, 0.25) is 10.0 Å². The lowest BCUT2D eigenvalue weighted by Crippen LogP contribution is -2.17. The molecule has 0 atom stereocenters. The standard InChI is InChI=1S/C23H21BrCl2FNO2/c1-29-22-12-16(13-28-9-8-17-4-2-3-5-21(17)27)10-18(24)23(22)30-14-15-6-7-19(25)20(26)11-15/h2-7,10-12,28H,8-9,13-14H2,1H3. The van der Waals surface area contributed by atoms with Crippen molar-refractivity contribution in [1.82, 2.24) is 5.32 Å². The molecule has 3 rings (SSSR count). The molecule has 0 aliphatic heterocycles. The molecule has 0 spiro atoms. The number of rotatable bonds is 9. The molecule has 1 N–H and O–H groups in total. The Labute approximate surface area is 194 Å². The van der Waals surface area contributed by atoms with Crippen LogP contribution in [0.25, 0.3) is 0 Å². The van der Waals surface area contributed by atoms with E-state index in [1.54, 1.807) is 31.4 Å². The van der Waals surface area contributed by atoms with Crippen LogP contribution in [0, 0.1) is 5.82 Å². The average Bonchev–Trinajstić information content (AvgIpc) is 2.73. The molecule has 0 saturated heterocycles. The van der Waals surface area contributed by atoms with Gasteiger partial charge in [-0.15, -0.1) is 0 Å². The number of nitrogens with one attached hydrogen (secondary N) is 1. The highest BCUT2D eigenvalue weighted by atomic mass is 79.9. The fourth-order valence-electron chi connectivity index (χ4n) is 2.96. The Kier molecular flexibility index (Phi) is 8.40. The number of hydrogen-bond acceptors (Lipinski definition) is 3. The van der Waals surface area contributed by atoms with Gasteiger partial charge in [0.1, 0.15) is 12.4 Å². The summed E-state index contributed by atoms with van der Waals surface area (Å²) in [5.41, 5.74) is 2.63. The lowest BCUT2D eigenvalue weighted by Gasteiger charge is -2.15. The molecule has 0 aromatic heterocycles. The zero-order valence-corrected chi connectivity index (χ0v) is 19.5. The number of hydrogen-bond donors (Lipinski definition) is 1. The molecule has 0 aliphatic rings. The molecular formula is C23H21BrCl2FNO2. The van der Waals surface area contributed by atoms with Gasteiger partial charge < -0.3 is 14.8 Å². The summed E-state index contributed by atoms with van der Waals surface area (Å²) < 4.78 is 25.9. The van der Waals surface area contributed by atoms with E-state index in [9.17, 15) is 4.39 Å². The summed E-state index contributed by atoms with van der Waals surface area (Å²) in [5.74, 6) is 1.06. The first-order chi connectivity index (χ1) is 14.5. The van der Waals surface area contributed by atoms with Crippen LogP contribution in [-0.2, 0) is 19.6 Å². The van der Waals surface area contributed by atoms with Gasteiger partial charge in [-0.25, -0.2) is 4.39 Å². The third-order valence-corrected chi connectivity index (χ3v) is 5.84. The van der Waals surface area contributed by atoms with Gasteiger partial charge in [0.05, 0.1) is 21.6 Å². The summed E-state index contributed by atoms with van der Waals surface area (Å²) in [7, 11) is 1.60. The summed E-state index contributed by atoms with van der Waals surface area (Å²) in [6, 6.07) is 16.1. The highest BCUT2D eigenvalue weighted by Crippen LogP contribution is 2.37. The largest absolute Gasteiger partial charge is 0.493 e. The van der Waals surface area contributed by atoms with Crippen molar-refractivity contribution < 1.29 is 13.9 Å². The molecule has 0 heterocycles.